The van der Waals surface area contributed by atoms with Crippen molar-refractivity contribution in [1.82, 2.24) is 9.80 Å². The molecule has 1 aromatic heterocycles. The number of nitrogens with zero attached hydrogens (tertiary/aromatic N) is 4. The lowest BCUT2D eigenvalue weighted by Crippen LogP contribution is -2.47. The molecular formula is C22H26N4O4S. The molecule has 4 rings (SSSR count). The molecule has 0 radical (unpaired) electrons. The first-order valence-corrected chi connectivity index (χ1v) is 10.9. The molecule has 0 saturated carbocycles. The second kappa shape index (κ2) is 10.2. The summed E-state index contributed by atoms with van der Waals surface area (Å²) in [6.07, 6.45) is 1.12. The van der Waals surface area contributed by atoms with Crippen molar-refractivity contribution in [3.8, 4) is 0 Å². The van der Waals surface area contributed by atoms with Gasteiger partial charge in [-0.2, -0.15) is 0 Å². The number of aliphatic imine (C=N–C) groups is 1. The van der Waals surface area contributed by atoms with Gasteiger partial charge in [-0.05, 0) is 26.1 Å². The van der Waals surface area contributed by atoms with Crippen LogP contribution in [0, 0.1) is 0 Å². The Morgan fingerprint density at radius 1 is 1.03 bits per heavy atom. The van der Waals surface area contributed by atoms with E-state index in [1.807, 2.05) is 0 Å². The van der Waals surface area contributed by atoms with Crippen LogP contribution in [0.4, 0.5) is 17.1 Å². The molecule has 31 heavy (non-hydrogen) atoms. The molecule has 0 spiro atoms. The number of rotatable bonds is 3. The Hall–Kier alpha value is -3.17. The van der Waals surface area contributed by atoms with Gasteiger partial charge in [0, 0.05) is 55.6 Å². The molecule has 3 heterocycles. The lowest BCUT2D eigenvalue weighted by molar-refractivity contribution is -0.134. The van der Waals surface area contributed by atoms with Crippen LogP contribution in [-0.4, -0.2) is 77.6 Å². The zero-order valence-electron chi connectivity index (χ0n) is 17.6. The van der Waals surface area contributed by atoms with Crippen LogP contribution >= 0.6 is 11.3 Å². The van der Waals surface area contributed by atoms with Crippen LogP contribution in [0.3, 0.4) is 0 Å². The summed E-state index contributed by atoms with van der Waals surface area (Å²) in [5, 5.41) is 20.1. The molecule has 0 amide bonds. The van der Waals surface area contributed by atoms with Crippen molar-refractivity contribution in [2.24, 2.45) is 4.99 Å². The van der Waals surface area contributed by atoms with Crippen LogP contribution in [0.25, 0.3) is 0 Å². The van der Waals surface area contributed by atoms with Crippen LogP contribution in [0.5, 0.6) is 0 Å². The molecule has 2 aromatic rings. The number of piperazine rings is 1. The van der Waals surface area contributed by atoms with Gasteiger partial charge in [-0.15, -0.1) is 11.3 Å². The summed E-state index contributed by atoms with van der Waals surface area (Å²) >= 11 is 1.77. The van der Waals surface area contributed by atoms with Gasteiger partial charge in [0.2, 0.25) is 0 Å². The number of likely N-dealkylation sites (N-methyl/N-ethyl adjacent to an activating group) is 1. The van der Waals surface area contributed by atoms with E-state index in [0.29, 0.717) is 12.2 Å². The van der Waals surface area contributed by atoms with E-state index in [1.54, 1.807) is 11.3 Å². The largest absolute Gasteiger partial charge is 0.478 e. The topological polar surface area (TPSA) is 96.7 Å². The van der Waals surface area contributed by atoms with E-state index in [0.717, 1.165) is 44.2 Å². The molecule has 0 unspecified atom stereocenters. The molecule has 0 atom stereocenters. The number of para-hydroxylation sites is 2. The number of carboxylic acid groups (broad SMARTS) is 2. The van der Waals surface area contributed by atoms with Gasteiger partial charge in [-0.3, -0.25) is 0 Å². The molecule has 2 aliphatic heterocycles. The third-order valence-corrected chi connectivity index (χ3v) is 5.79. The molecule has 164 valence electrons. The molecule has 1 saturated heterocycles. The highest BCUT2D eigenvalue weighted by Gasteiger charge is 2.27. The van der Waals surface area contributed by atoms with Crippen molar-refractivity contribution < 1.29 is 19.8 Å². The van der Waals surface area contributed by atoms with E-state index in [1.165, 1.54) is 16.9 Å². The molecule has 2 aliphatic rings. The van der Waals surface area contributed by atoms with Crippen molar-refractivity contribution in [3.05, 3.63) is 52.7 Å². The van der Waals surface area contributed by atoms with Gasteiger partial charge in [-0.1, -0.05) is 12.1 Å². The number of anilines is 2. The van der Waals surface area contributed by atoms with E-state index in [2.05, 4.69) is 63.7 Å². The van der Waals surface area contributed by atoms with Gasteiger partial charge in [0.25, 0.3) is 0 Å². The van der Waals surface area contributed by atoms with Gasteiger partial charge < -0.3 is 24.9 Å². The average Bonchev–Trinajstić information content (AvgIpc) is 3.18. The van der Waals surface area contributed by atoms with Crippen molar-refractivity contribution in [3.63, 3.8) is 0 Å². The molecule has 1 aromatic carbocycles. The predicted molar refractivity (Wildman–Crippen MR) is 123 cm³/mol. The normalized spacial score (nSPS) is 16.0. The van der Waals surface area contributed by atoms with Crippen LogP contribution in [0.1, 0.15) is 12.5 Å². The van der Waals surface area contributed by atoms with Gasteiger partial charge in [0.05, 0.1) is 22.6 Å². The Morgan fingerprint density at radius 3 is 2.29 bits per heavy atom. The Bertz CT molecular complexity index is 977. The van der Waals surface area contributed by atoms with Gasteiger partial charge >= 0.3 is 11.9 Å². The molecule has 1 fully saturated rings. The lowest BCUT2D eigenvalue weighted by Gasteiger charge is -2.34. The van der Waals surface area contributed by atoms with Crippen molar-refractivity contribution in [2.45, 2.75) is 6.92 Å². The van der Waals surface area contributed by atoms with Crippen LogP contribution < -0.4 is 4.90 Å². The highest BCUT2D eigenvalue weighted by Crippen LogP contribution is 2.41. The monoisotopic (exact) mass is 442 g/mol. The number of benzene rings is 1. The third-order valence-electron chi connectivity index (χ3n) is 5.06. The smallest absolute Gasteiger partial charge is 0.328 e. The van der Waals surface area contributed by atoms with Crippen molar-refractivity contribution in [2.75, 3.05) is 44.7 Å². The van der Waals surface area contributed by atoms with E-state index in [-0.39, 0.29) is 0 Å². The van der Waals surface area contributed by atoms with Crippen LogP contribution in [0.2, 0.25) is 0 Å². The number of aliphatic carboxylic acids is 2. The molecule has 0 aliphatic carbocycles. The van der Waals surface area contributed by atoms with E-state index in [9.17, 15) is 9.59 Å². The zero-order valence-corrected chi connectivity index (χ0v) is 18.4. The second-order valence-electron chi connectivity index (χ2n) is 7.14. The maximum atomic E-state index is 9.55. The van der Waals surface area contributed by atoms with Crippen LogP contribution in [-0.2, 0) is 9.59 Å². The number of thiophene rings is 1. The quantitative estimate of drug-likeness (QED) is 0.704. The fourth-order valence-electron chi connectivity index (χ4n) is 3.50. The number of carboxylic acids is 2. The molecule has 9 heteroatoms. The first-order chi connectivity index (χ1) is 14.9. The fourth-order valence-corrected chi connectivity index (χ4v) is 4.31. The average molecular weight is 443 g/mol. The molecule has 0 bridgehead atoms. The Balaban J connectivity index is 0.000000293. The zero-order chi connectivity index (χ0) is 22.4. The highest BCUT2D eigenvalue weighted by molar-refractivity contribution is 7.08. The summed E-state index contributed by atoms with van der Waals surface area (Å²) in [6, 6.07) is 8.49. The summed E-state index contributed by atoms with van der Waals surface area (Å²) in [5.41, 5.74) is 4.85. The predicted octanol–water partition coefficient (Wildman–Crippen LogP) is 3.26. The maximum absolute atomic E-state index is 9.55. The van der Waals surface area contributed by atoms with Gasteiger partial charge in [0.1, 0.15) is 5.84 Å². The highest BCUT2D eigenvalue weighted by atomic mass is 32.1. The number of hydrogen-bond donors (Lipinski definition) is 2. The minimum atomic E-state index is -1.26. The van der Waals surface area contributed by atoms with E-state index < -0.39 is 11.9 Å². The van der Waals surface area contributed by atoms with Crippen molar-refractivity contribution >= 4 is 46.2 Å². The molecular weight excluding hydrogens is 416 g/mol. The Labute approximate surface area is 185 Å². The first kappa shape index (κ1) is 22.5. The Morgan fingerprint density at radius 2 is 1.68 bits per heavy atom. The minimum Gasteiger partial charge on any atom is -0.478 e. The van der Waals surface area contributed by atoms with Crippen LogP contribution in [0.15, 0.2) is 52.2 Å². The summed E-state index contributed by atoms with van der Waals surface area (Å²) < 4.78 is 0. The first-order valence-electron chi connectivity index (χ1n) is 10.00. The molecule has 8 nitrogen and oxygen atoms in total. The SMILES string of the molecule is CCN1c2ccccc2N=C(N2CCN(C)CC2)c2cscc21.O=C(O)/C=C/C(=O)O. The van der Waals surface area contributed by atoms with E-state index in [4.69, 9.17) is 15.2 Å². The number of carbonyl (C=O) groups is 2. The maximum Gasteiger partial charge on any atom is 0.328 e. The molecule has 2 N–H and O–H groups in total. The number of hydrogen-bond acceptors (Lipinski definition) is 7. The Kier molecular flexibility index (Phi) is 7.43. The summed E-state index contributed by atoms with van der Waals surface area (Å²) in [4.78, 5) is 31.4. The lowest BCUT2D eigenvalue weighted by atomic mass is 10.2. The summed E-state index contributed by atoms with van der Waals surface area (Å²) in [6.45, 7) is 7.43. The van der Waals surface area contributed by atoms with Gasteiger partial charge in [-0.25, -0.2) is 14.6 Å². The van der Waals surface area contributed by atoms with Gasteiger partial charge in [0.15, 0.2) is 0 Å². The third kappa shape index (κ3) is 5.50. The summed E-state index contributed by atoms with van der Waals surface area (Å²) in [7, 11) is 2.19. The van der Waals surface area contributed by atoms with E-state index >= 15 is 0 Å². The van der Waals surface area contributed by atoms with Crippen molar-refractivity contribution in [1.29, 1.82) is 0 Å². The number of amidine groups is 1. The number of fused-ring (bicyclic) bond motifs is 2. The minimum absolute atomic E-state index is 0.558. The standard InChI is InChI=1S/C18H22N4S.C4H4O4/c1-3-22-16-7-5-4-6-15(16)19-18(14-12-23-13-17(14)22)21-10-8-20(2)9-11-21;5-3(6)1-2-4(7)8/h4-7,12-13H,3,8-11H2,1-2H3;1-2H,(H,5,6)(H,7,8)/b;2-1+. The fraction of sp³-hybridized carbons (Fsp3) is 0.318. The summed E-state index contributed by atoms with van der Waals surface area (Å²) in [5.74, 6) is -1.38. The second-order valence-corrected chi connectivity index (χ2v) is 7.88.